The van der Waals surface area contributed by atoms with Gasteiger partial charge in [0.1, 0.15) is 63.7 Å². The smallest absolute Gasteiger partial charge is 0.349 e. The number of aromatic nitrogens is 13. The van der Waals surface area contributed by atoms with Crippen molar-refractivity contribution in [2.45, 2.75) is 153 Å². The van der Waals surface area contributed by atoms with Crippen LogP contribution in [0.1, 0.15) is 172 Å². The van der Waals surface area contributed by atoms with E-state index >= 15 is 0 Å². The lowest BCUT2D eigenvalue weighted by molar-refractivity contribution is -0.137. The summed E-state index contributed by atoms with van der Waals surface area (Å²) in [5, 5.41) is 33.5. The first-order valence-corrected chi connectivity index (χ1v) is 40.0. The monoisotopic (exact) mass is 1620 g/mol. The Morgan fingerprint density at radius 3 is 1.33 bits per heavy atom. The highest BCUT2D eigenvalue weighted by molar-refractivity contribution is 6.30. The number of benzene rings is 3. The Labute approximate surface area is 683 Å². The Kier molecular flexibility index (Phi) is 24.3. The number of hydrogen-bond donors (Lipinski definition) is 0. The van der Waals surface area contributed by atoms with Gasteiger partial charge in [-0.1, -0.05) is 105 Å². The zero-order chi connectivity index (χ0) is 83.5. The van der Waals surface area contributed by atoms with Crippen LogP contribution in [-0.4, -0.2) is 154 Å². The standard InChI is InChI=1S/C30H34N8O2.C29H27F4N7O.C28H28ClN7O/c1-5-22-17-38(28-25-24(36(4)30(39)34-28)14-13-21(15-31)32-25)23(6-2)16-37(22)26(19-9-7-18(3)8-10-19)29-33-27(35-40-29)20-11-12-20;1-4-22-16-39(27-25-24(38(3)28(41)37-27)12-10-21(13-34)36-25)17(2)15-40(22)26(18-5-8-20(30)9-6-18)23-11-7-19(14-35-23)29(31,32)33;1-4-22-17-35(27-25-24(34(3)28(37)33-27)13-12-21(15-30)32-25)18(2)16-36(22)26(23-7-5-6-14-31-23)19-8-10-20(29)11-9-19/h7-10,13-14,20,22-23,26H,5-6,11-12,16-17H2,1-4H3;5-12,14,17,22,26H,4,15-16H2,1-3H3;5-14,18,22,26H,4,16-17H2,1-3H3/t22-,23+,26?;17-,22+,26?;18-,22+,26?/m100/s1. The molecule has 1 saturated carbocycles. The Bertz CT molecular complexity index is 5970. The minimum Gasteiger partial charge on any atom is -0.349 e. The Hall–Kier alpha value is -12.3. The van der Waals surface area contributed by atoms with Crippen molar-refractivity contribution in [3.63, 3.8) is 0 Å². The van der Waals surface area contributed by atoms with Gasteiger partial charge in [0.25, 0.3) is 0 Å². The van der Waals surface area contributed by atoms with Gasteiger partial charge in [-0.15, -0.1) is 0 Å². The molecule has 0 spiro atoms. The van der Waals surface area contributed by atoms with Gasteiger partial charge < -0.3 is 19.2 Å². The molecule has 606 valence electrons. The van der Waals surface area contributed by atoms with E-state index in [0.717, 1.165) is 73.6 Å². The van der Waals surface area contributed by atoms with Gasteiger partial charge in [0, 0.05) is 120 Å². The first-order chi connectivity index (χ1) is 56.8. The number of anilines is 3. The van der Waals surface area contributed by atoms with E-state index in [-0.39, 0.29) is 65.4 Å². The molecule has 9 aromatic heterocycles. The summed E-state index contributed by atoms with van der Waals surface area (Å²) in [6, 6.07) is 46.3. The van der Waals surface area contributed by atoms with Gasteiger partial charge in [0.05, 0.1) is 45.6 Å². The quantitative estimate of drug-likeness (QED) is 0.0765. The van der Waals surface area contributed by atoms with Crippen LogP contribution in [0.15, 0.2) is 171 Å². The van der Waals surface area contributed by atoms with Crippen LogP contribution < -0.4 is 31.8 Å². The van der Waals surface area contributed by atoms with Gasteiger partial charge in [-0.2, -0.15) is 48.9 Å². The third-order valence-corrected chi connectivity index (χ3v) is 23.4. The Balaban J connectivity index is 0.000000146. The molecule has 1 aliphatic carbocycles. The highest BCUT2D eigenvalue weighted by Crippen LogP contribution is 2.43. The molecule has 4 fully saturated rings. The topological polar surface area (TPSA) is 299 Å². The molecule has 0 bridgehead atoms. The number of nitriles is 3. The summed E-state index contributed by atoms with van der Waals surface area (Å²) in [6.45, 7) is 18.3. The second kappa shape index (κ2) is 34.9. The van der Waals surface area contributed by atoms with Crippen LogP contribution in [0.5, 0.6) is 0 Å². The fourth-order valence-corrected chi connectivity index (χ4v) is 16.6. The Morgan fingerprint density at radius 1 is 0.492 bits per heavy atom. The molecule has 16 rings (SSSR count). The number of halogens is 5. The van der Waals surface area contributed by atoms with E-state index < -0.39 is 29.3 Å². The average Bonchev–Trinajstić information content (AvgIpc) is 0.903. The first kappa shape index (κ1) is 82.3. The van der Waals surface area contributed by atoms with Crippen molar-refractivity contribution in [3.8, 4) is 18.2 Å². The summed E-state index contributed by atoms with van der Waals surface area (Å²) in [7, 11) is 4.95. The maximum Gasteiger partial charge on any atom is 0.417 e. The summed E-state index contributed by atoms with van der Waals surface area (Å²) >= 11 is 6.21. The maximum absolute atomic E-state index is 13.8. The summed E-state index contributed by atoms with van der Waals surface area (Å²) < 4.78 is 64.0. The number of nitrogens with zero attached hydrogens (tertiary/aromatic N) is 22. The van der Waals surface area contributed by atoms with Crippen molar-refractivity contribution in [2.24, 2.45) is 21.1 Å². The highest BCUT2D eigenvalue weighted by Gasteiger charge is 2.44. The fraction of sp³-hybridized carbons (Fsp3) is 0.379. The van der Waals surface area contributed by atoms with Gasteiger partial charge in [-0.3, -0.25) is 38.4 Å². The van der Waals surface area contributed by atoms with Crippen molar-refractivity contribution in [3.05, 3.63) is 262 Å². The Morgan fingerprint density at radius 2 is 0.915 bits per heavy atom. The second-order valence-electron chi connectivity index (χ2n) is 30.6. The van der Waals surface area contributed by atoms with Crippen LogP contribution in [-0.2, 0) is 27.3 Å². The first-order valence-electron chi connectivity index (χ1n) is 39.6. The summed E-state index contributed by atoms with van der Waals surface area (Å²) in [4.78, 5) is 92.7. The number of aryl methyl sites for hydroxylation is 4. The molecule has 4 aliphatic rings. The molecule has 118 heavy (non-hydrogen) atoms. The predicted molar refractivity (Wildman–Crippen MR) is 440 cm³/mol. The van der Waals surface area contributed by atoms with E-state index in [1.54, 1.807) is 69.7 Å². The molecule has 0 N–H and O–H groups in total. The predicted octanol–water partition coefficient (Wildman–Crippen LogP) is 13.4. The third-order valence-electron chi connectivity index (χ3n) is 23.1. The van der Waals surface area contributed by atoms with E-state index in [1.807, 2.05) is 55.3 Å². The van der Waals surface area contributed by atoms with Gasteiger partial charge in [0.15, 0.2) is 23.3 Å². The zero-order valence-electron chi connectivity index (χ0n) is 67.1. The largest absolute Gasteiger partial charge is 0.417 e. The second-order valence-corrected chi connectivity index (χ2v) is 31.0. The van der Waals surface area contributed by atoms with E-state index in [4.69, 9.17) is 26.1 Å². The van der Waals surface area contributed by atoms with Crippen LogP contribution in [0.4, 0.5) is 35.0 Å². The molecular weight excluding hydrogens is 1530 g/mol. The van der Waals surface area contributed by atoms with Crippen LogP contribution in [0, 0.1) is 46.7 Å². The minimum atomic E-state index is -4.52. The lowest BCUT2D eigenvalue weighted by atomic mass is 9.95. The van der Waals surface area contributed by atoms with Crippen molar-refractivity contribution in [1.29, 1.82) is 15.8 Å². The summed E-state index contributed by atoms with van der Waals surface area (Å²) in [5.74, 6) is 2.86. The number of fused-ring (bicyclic) bond motifs is 3. The lowest BCUT2D eigenvalue weighted by Gasteiger charge is -2.49. The SMILES string of the molecule is CC[C@@H]1CN(c2nc(=O)n(C)c3ccc(C#N)nc23)[C@@H](C)CN1C(c1ccc(Cl)cc1)c1ccccn1.CC[C@@H]1CN(c2nc(=O)n(C)c3ccc(C#N)nc23)[C@@H](C)CN1C(c1ccc(F)cc1)c1ccc(C(F)(F)F)cn1.CC[C@H]1CN(C(c2ccc(C)cc2)c2nc(C3CC3)no2)[C@H](CC)CN1c1nc(=O)n(C)c2ccc(C#N)nc12. The van der Waals surface area contributed by atoms with Gasteiger partial charge in [-0.05, 0) is 161 Å². The van der Waals surface area contributed by atoms with Crippen molar-refractivity contribution in [1.82, 2.24) is 78.4 Å². The molecule has 26 nitrogen and oxygen atoms in total. The normalized spacial score (nSPS) is 19.5. The van der Waals surface area contributed by atoms with Gasteiger partial charge in [-0.25, -0.2) is 33.7 Å². The summed E-state index contributed by atoms with van der Waals surface area (Å²) in [5.41, 5.74) is 7.75. The molecule has 12 aromatic rings. The van der Waals surface area contributed by atoms with Crippen molar-refractivity contribution in [2.75, 3.05) is 54.0 Å². The number of pyridine rings is 5. The fourth-order valence-electron chi connectivity index (χ4n) is 16.5. The van der Waals surface area contributed by atoms with Gasteiger partial charge in [0.2, 0.25) is 5.89 Å². The van der Waals surface area contributed by atoms with Gasteiger partial charge >= 0.3 is 23.2 Å². The molecule has 3 aromatic carbocycles. The van der Waals surface area contributed by atoms with E-state index in [9.17, 15) is 47.7 Å². The number of rotatable bonds is 17. The van der Waals surface area contributed by atoms with Crippen LogP contribution in [0.2, 0.25) is 5.02 Å². The molecule has 3 aliphatic heterocycles. The van der Waals surface area contributed by atoms with E-state index in [2.05, 4.69) is 154 Å². The number of hydrogen-bond acceptors (Lipinski definition) is 23. The summed E-state index contributed by atoms with van der Waals surface area (Å²) in [6.07, 6.45) is 3.60. The average molecular weight is 1620 g/mol. The van der Waals surface area contributed by atoms with Crippen molar-refractivity contribution >= 4 is 62.2 Å². The highest BCUT2D eigenvalue weighted by atomic mass is 35.5. The van der Waals surface area contributed by atoms with E-state index in [1.165, 1.54) is 37.5 Å². The molecule has 0 radical (unpaired) electrons. The molecule has 12 heterocycles. The third kappa shape index (κ3) is 16.9. The van der Waals surface area contributed by atoms with Crippen molar-refractivity contribution < 1.29 is 22.1 Å². The minimum absolute atomic E-state index is 0.0247. The van der Waals surface area contributed by atoms with E-state index in [0.29, 0.717) is 129 Å². The van der Waals surface area contributed by atoms with Crippen LogP contribution in [0.25, 0.3) is 33.1 Å². The van der Waals surface area contributed by atoms with Crippen LogP contribution >= 0.6 is 11.6 Å². The number of alkyl halides is 3. The lowest BCUT2D eigenvalue weighted by Crippen LogP contribution is -2.59. The molecule has 3 unspecified atom stereocenters. The molecule has 3 saturated heterocycles. The maximum atomic E-state index is 13.8. The molecule has 9 atom stereocenters. The molecular formula is C87H89ClF4N22O4. The number of piperazine rings is 3. The van der Waals surface area contributed by atoms with Crippen LogP contribution in [0.3, 0.4) is 0 Å². The molecule has 31 heteroatoms. The molecule has 0 amide bonds. The zero-order valence-corrected chi connectivity index (χ0v) is 67.8.